The van der Waals surface area contributed by atoms with Crippen molar-refractivity contribution in [1.29, 1.82) is 0 Å². The van der Waals surface area contributed by atoms with E-state index in [1.807, 2.05) is 37.4 Å². The van der Waals surface area contributed by atoms with Crippen LogP contribution in [0.3, 0.4) is 0 Å². The molecule has 0 fully saturated rings. The molecule has 1 atom stereocenters. The van der Waals surface area contributed by atoms with Gasteiger partial charge in [0.25, 0.3) is 5.91 Å². The molecule has 102 valence electrons. The van der Waals surface area contributed by atoms with Gasteiger partial charge in [0, 0.05) is 25.2 Å². The van der Waals surface area contributed by atoms with Gasteiger partial charge in [-0.25, -0.2) is 0 Å². The van der Waals surface area contributed by atoms with E-state index < -0.39 is 0 Å². The Morgan fingerprint density at radius 1 is 1.25 bits per heavy atom. The van der Waals surface area contributed by atoms with Crippen LogP contribution in [0.15, 0.2) is 48.7 Å². The maximum Gasteiger partial charge on any atom is 0.272 e. The van der Waals surface area contributed by atoms with Crippen molar-refractivity contribution >= 4 is 5.91 Å². The molecule has 0 saturated carbocycles. The Hall–Kier alpha value is -2.36. The van der Waals surface area contributed by atoms with E-state index >= 15 is 0 Å². The number of fused-ring (bicyclic) bond motifs is 1. The summed E-state index contributed by atoms with van der Waals surface area (Å²) in [7, 11) is 1.82. The van der Waals surface area contributed by atoms with Crippen molar-refractivity contribution in [3.8, 4) is 5.75 Å². The van der Waals surface area contributed by atoms with Crippen LogP contribution >= 0.6 is 0 Å². The minimum atomic E-state index is -0.0627. The Morgan fingerprint density at radius 2 is 2.05 bits per heavy atom. The number of aromatic nitrogens is 1. The molecule has 0 radical (unpaired) electrons. The molecule has 1 aromatic carbocycles. The number of para-hydroxylation sites is 1. The molecule has 1 amide bonds. The molecule has 0 N–H and O–H groups in total. The van der Waals surface area contributed by atoms with Gasteiger partial charge >= 0.3 is 0 Å². The van der Waals surface area contributed by atoms with Crippen LogP contribution in [0.2, 0.25) is 0 Å². The van der Waals surface area contributed by atoms with Gasteiger partial charge in [-0.1, -0.05) is 24.3 Å². The zero-order valence-corrected chi connectivity index (χ0v) is 11.3. The zero-order chi connectivity index (χ0) is 13.9. The fourth-order valence-electron chi connectivity index (χ4n) is 2.54. The highest BCUT2D eigenvalue weighted by atomic mass is 16.5. The first-order chi connectivity index (χ1) is 9.77. The highest BCUT2D eigenvalue weighted by Gasteiger charge is 2.28. The molecule has 0 aliphatic carbocycles. The zero-order valence-electron chi connectivity index (χ0n) is 11.3. The van der Waals surface area contributed by atoms with Crippen molar-refractivity contribution in [3.63, 3.8) is 0 Å². The average molecular weight is 268 g/mol. The van der Waals surface area contributed by atoms with Crippen LogP contribution in [0.1, 0.15) is 28.5 Å². The van der Waals surface area contributed by atoms with Crippen molar-refractivity contribution < 1.29 is 9.53 Å². The highest BCUT2D eigenvalue weighted by molar-refractivity contribution is 5.92. The third kappa shape index (κ3) is 2.25. The number of hydrogen-bond acceptors (Lipinski definition) is 3. The van der Waals surface area contributed by atoms with Crippen LogP contribution < -0.4 is 4.74 Å². The van der Waals surface area contributed by atoms with Crippen molar-refractivity contribution in [2.24, 2.45) is 0 Å². The largest absolute Gasteiger partial charge is 0.493 e. The summed E-state index contributed by atoms with van der Waals surface area (Å²) < 4.78 is 5.64. The van der Waals surface area contributed by atoms with E-state index in [0.717, 1.165) is 17.7 Å². The normalized spacial score (nSPS) is 16.9. The van der Waals surface area contributed by atoms with E-state index in [0.29, 0.717) is 12.3 Å². The molecule has 4 heteroatoms. The Kier molecular flexibility index (Phi) is 3.37. The Bertz CT molecular complexity index is 613. The monoisotopic (exact) mass is 268 g/mol. The van der Waals surface area contributed by atoms with Crippen LogP contribution in [0.4, 0.5) is 0 Å². The van der Waals surface area contributed by atoms with Gasteiger partial charge in [0.2, 0.25) is 0 Å². The molecule has 1 aromatic heterocycles. The summed E-state index contributed by atoms with van der Waals surface area (Å²) in [4.78, 5) is 18.4. The van der Waals surface area contributed by atoms with E-state index in [1.165, 1.54) is 0 Å². The predicted molar refractivity (Wildman–Crippen MR) is 75.6 cm³/mol. The smallest absolute Gasteiger partial charge is 0.272 e. The first-order valence-corrected chi connectivity index (χ1v) is 6.67. The van der Waals surface area contributed by atoms with Crippen LogP contribution in [0.5, 0.6) is 5.75 Å². The number of nitrogens with zero attached hydrogens (tertiary/aromatic N) is 2. The summed E-state index contributed by atoms with van der Waals surface area (Å²) >= 11 is 0. The molecule has 4 nitrogen and oxygen atoms in total. The minimum absolute atomic E-state index is 0.0365. The number of benzene rings is 1. The molecule has 0 bridgehead atoms. The molecular weight excluding hydrogens is 252 g/mol. The summed E-state index contributed by atoms with van der Waals surface area (Å²) in [6.07, 6.45) is 2.44. The first-order valence-electron chi connectivity index (χ1n) is 6.67. The summed E-state index contributed by atoms with van der Waals surface area (Å²) in [6.45, 7) is 0.627. The summed E-state index contributed by atoms with van der Waals surface area (Å²) in [5.41, 5.74) is 1.53. The van der Waals surface area contributed by atoms with Gasteiger partial charge < -0.3 is 9.64 Å². The second-order valence-electron chi connectivity index (χ2n) is 4.82. The van der Waals surface area contributed by atoms with Crippen molar-refractivity contribution in [1.82, 2.24) is 9.88 Å². The molecule has 2 heterocycles. The average Bonchev–Trinajstić information content (AvgIpc) is 2.54. The van der Waals surface area contributed by atoms with Gasteiger partial charge in [-0.2, -0.15) is 0 Å². The van der Waals surface area contributed by atoms with E-state index in [9.17, 15) is 4.79 Å². The first kappa shape index (κ1) is 12.7. The lowest BCUT2D eigenvalue weighted by Crippen LogP contribution is -2.34. The number of carbonyl (C=O) groups is 1. The summed E-state index contributed by atoms with van der Waals surface area (Å²) in [5, 5.41) is 0. The lowest BCUT2D eigenvalue weighted by Gasteiger charge is -2.33. The topological polar surface area (TPSA) is 42.4 Å². The van der Waals surface area contributed by atoms with E-state index in [2.05, 4.69) is 4.98 Å². The van der Waals surface area contributed by atoms with E-state index in [4.69, 9.17) is 4.74 Å². The lowest BCUT2D eigenvalue weighted by atomic mass is 9.99. The predicted octanol–water partition coefficient (Wildman–Crippen LogP) is 2.68. The summed E-state index contributed by atoms with van der Waals surface area (Å²) in [5.74, 6) is 0.803. The standard InChI is InChI=1S/C16H16N2O2/c1-18(16(19)13-7-4-5-10-17-13)14-9-11-20-15-8-3-2-6-12(14)15/h2-8,10,14H,9,11H2,1H3. The number of hydrogen-bond donors (Lipinski definition) is 0. The molecule has 1 aliphatic heterocycles. The van der Waals surface area contributed by atoms with Gasteiger partial charge in [0.1, 0.15) is 11.4 Å². The fraction of sp³-hybridized carbons (Fsp3) is 0.250. The molecular formula is C16H16N2O2. The summed E-state index contributed by atoms with van der Waals surface area (Å²) in [6, 6.07) is 13.3. The van der Waals surface area contributed by atoms with Gasteiger partial charge in [0.15, 0.2) is 0 Å². The van der Waals surface area contributed by atoms with Crippen molar-refractivity contribution in [2.45, 2.75) is 12.5 Å². The van der Waals surface area contributed by atoms with Gasteiger partial charge in [-0.3, -0.25) is 9.78 Å². The Balaban J connectivity index is 1.89. The van der Waals surface area contributed by atoms with Gasteiger partial charge in [-0.15, -0.1) is 0 Å². The van der Waals surface area contributed by atoms with E-state index in [-0.39, 0.29) is 11.9 Å². The van der Waals surface area contributed by atoms with Gasteiger partial charge in [-0.05, 0) is 18.2 Å². The van der Waals surface area contributed by atoms with Crippen LogP contribution in [0, 0.1) is 0 Å². The van der Waals surface area contributed by atoms with Crippen LogP contribution in [0.25, 0.3) is 0 Å². The highest BCUT2D eigenvalue weighted by Crippen LogP contribution is 2.35. The Morgan fingerprint density at radius 3 is 2.85 bits per heavy atom. The lowest BCUT2D eigenvalue weighted by molar-refractivity contribution is 0.0680. The molecule has 0 spiro atoms. The molecule has 20 heavy (non-hydrogen) atoms. The van der Waals surface area contributed by atoms with Gasteiger partial charge in [0.05, 0.1) is 12.6 Å². The minimum Gasteiger partial charge on any atom is -0.493 e. The number of rotatable bonds is 2. The van der Waals surface area contributed by atoms with Crippen LogP contribution in [-0.2, 0) is 0 Å². The number of pyridine rings is 1. The molecule has 1 unspecified atom stereocenters. The van der Waals surface area contributed by atoms with E-state index in [1.54, 1.807) is 23.2 Å². The third-order valence-electron chi connectivity index (χ3n) is 3.60. The fourth-order valence-corrected chi connectivity index (χ4v) is 2.54. The maximum atomic E-state index is 12.5. The molecule has 0 saturated heterocycles. The number of carbonyl (C=O) groups excluding carboxylic acids is 1. The second kappa shape index (κ2) is 5.33. The second-order valence-corrected chi connectivity index (χ2v) is 4.82. The Labute approximate surface area is 118 Å². The quantitative estimate of drug-likeness (QED) is 0.841. The number of ether oxygens (including phenoxy) is 1. The maximum absolute atomic E-state index is 12.5. The van der Waals surface area contributed by atoms with Crippen molar-refractivity contribution in [3.05, 3.63) is 59.9 Å². The third-order valence-corrected chi connectivity index (χ3v) is 3.60. The molecule has 1 aliphatic rings. The van der Waals surface area contributed by atoms with Crippen molar-refractivity contribution in [2.75, 3.05) is 13.7 Å². The SMILES string of the molecule is CN(C(=O)c1ccccn1)C1CCOc2ccccc21. The van der Waals surface area contributed by atoms with Crippen LogP contribution in [-0.4, -0.2) is 29.4 Å². The number of amides is 1. The molecule has 2 aromatic rings. The molecule has 3 rings (SSSR count).